The van der Waals surface area contributed by atoms with Crippen LogP contribution in [0.5, 0.6) is 11.5 Å². The second-order valence-electron chi connectivity index (χ2n) is 7.63. The van der Waals surface area contributed by atoms with Crippen LogP contribution >= 0.6 is 0 Å². The van der Waals surface area contributed by atoms with Crippen molar-refractivity contribution in [3.8, 4) is 11.5 Å². The van der Waals surface area contributed by atoms with Gasteiger partial charge in [0.15, 0.2) is 11.5 Å². The van der Waals surface area contributed by atoms with Crippen LogP contribution in [0.1, 0.15) is 36.9 Å². The molecule has 0 atom stereocenters. The lowest BCUT2D eigenvalue weighted by molar-refractivity contribution is 0.0923. The van der Waals surface area contributed by atoms with Crippen LogP contribution in [-0.4, -0.2) is 41.9 Å². The molecule has 1 aromatic heterocycles. The summed E-state index contributed by atoms with van der Waals surface area (Å²) in [5.41, 5.74) is 2.70. The maximum atomic E-state index is 13.1. The molecular weight excluding hydrogens is 436 g/mol. The number of nitrogens with zero attached hydrogens (tertiary/aromatic N) is 2. The molecule has 4 aromatic rings. The lowest BCUT2D eigenvalue weighted by Gasteiger charge is -2.16. The fourth-order valence-electron chi connectivity index (χ4n) is 3.94. The SMILES string of the molecule is COc1ccc(N2C(=O)c3ccc(C(=O)NCc4nc5ccccc5[nH]4)cc3C2=O)cc1OC. The fraction of sp³-hybridized carbons (Fsp3) is 0.120. The van der Waals surface area contributed by atoms with Crippen molar-refractivity contribution in [3.63, 3.8) is 0 Å². The number of anilines is 1. The molecule has 3 amide bonds. The normalized spacial score (nSPS) is 12.7. The van der Waals surface area contributed by atoms with Crippen molar-refractivity contribution in [1.82, 2.24) is 15.3 Å². The van der Waals surface area contributed by atoms with Gasteiger partial charge in [-0.25, -0.2) is 9.88 Å². The van der Waals surface area contributed by atoms with Gasteiger partial charge in [-0.15, -0.1) is 0 Å². The summed E-state index contributed by atoms with van der Waals surface area (Å²) in [7, 11) is 2.97. The van der Waals surface area contributed by atoms with Crippen LogP contribution in [0.2, 0.25) is 0 Å². The van der Waals surface area contributed by atoms with Crippen molar-refractivity contribution >= 4 is 34.4 Å². The minimum atomic E-state index is -0.515. The first-order valence-corrected chi connectivity index (χ1v) is 10.5. The Morgan fingerprint density at radius 3 is 2.47 bits per heavy atom. The second kappa shape index (κ2) is 8.36. The molecular formula is C25H20N4O5. The highest BCUT2D eigenvalue weighted by Gasteiger charge is 2.37. The Labute approximate surface area is 194 Å². The Bertz CT molecular complexity index is 1430. The summed E-state index contributed by atoms with van der Waals surface area (Å²) in [4.78, 5) is 47.4. The van der Waals surface area contributed by atoms with Crippen LogP contribution in [0, 0.1) is 0 Å². The van der Waals surface area contributed by atoms with Crippen molar-refractivity contribution in [3.05, 3.63) is 83.2 Å². The van der Waals surface area contributed by atoms with E-state index in [-0.39, 0.29) is 29.1 Å². The number of carbonyl (C=O) groups is 3. The molecule has 9 heteroatoms. The van der Waals surface area contributed by atoms with E-state index in [0.717, 1.165) is 15.9 Å². The van der Waals surface area contributed by atoms with Crippen LogP contribution in [0.25, 0.3) is 11.0 Å². The molecule has 0 bridgehead atoms. The van der Waals surface area contributed by atoms with Crippen LogP contribution in [-0.2, 0) is 6.54 Å². The summed E-state index contributed by atoms with van der Waals surface area (Å²) in [5.74, 6) is 0.115. The number of aromatic amines is 1. The third-order valence-corrected chi connectivity index (χ3v) is 5.63. The maximum absolute atomic E-state index is 13.1. The second-order valence-corrected chi connectivity index (χ2v) is 7.63. The maximum Gasteiger partial charge on any atom is 0.266 e. The minimum absolute atomic E-state index is 0.163. The van der Waals surface area contributed by atoms with E-state index in [1.165, 1.54) is 32.4 Å². The Hall–Kier alpha value is -4.66. The number of fused-ring (bicyclic) bond motifs is 2. The molecule has 0 aliphatic carbocycles. The van der Waals surface area contributed by atoms with Gasteiger partial charge in [-0.2, -0.15) is 0 Å². The van der Waals surface area contributed by atoms with E-state index >= 15 is 0 Å². The predicted octanol–water partition coefficient (Wildman–Crippen LogP) is 3.31. The van der Waals surface area contributed by atoms with Crippen molar-refractivity contribution in [2.75, 3.05) is 19.1 Å². The number of imidazole rings is 1. The first-order valence-electron chi connectivity index (χ1n) is 10.5. The standard InChI is InChI=1S/C25H20N4O5/c1-33-20-10-8-15(12-21(20)34-2)29-24(31)16-9-7-14(11-17(16)25(29)32)23(30)26-13-22-27-18-5-3-4-6-19(18)28-22/h3-12H,13H2,1-2H3,(H,26,30)(H,27,28). The molecule has 9 nitrogen and oxygen atoms in total. The Morgan fingerprint density at radius 2 is 1.71 bits per heavy atom. The summed E-state index contributed by atoms with van der Waals surface area (Å²) < 4.78 is 10.5. The fourth-order valence-corrected chi connectivity index (χ4v) is 3.94. The number of ether oxygens (including phenoxy) is 2. The van der Waals surface area contributed by atoms with E-state index in [1.807, 2.05) is 24.3 Å². The van der Waals surface area contributed by atoms with Gasteiger partial charge in [0.05, 0.1) is 48.6 Å². The number of para-hydroxylation sites is 2. The molecule has 2 heterocycles. The number of benzene rings is 3. The Kier molecular flexibility index (Phi) is 5.21. The molecule has 1 aliphatic rings. The molecule has 0 fully saturated rings. The number of hydrogen-bond acceptors (Lipinski definition) is 6. The summed E-state index contributed by atoms with van der Waals surface area (Å²) >= 11 is 0. The lowest BCUT2D eigenvalue weighted by atomic mass is 10.1. The monoisotopic (exact) mass is 456 g/mol. The average molecular weight is 456 g/mol. The van der Waals surface area contributed by atoms with Gasteiger partial charge >= 0.3 is 0 Å². The molecule has 5 rings (SSSR count). The first-order chi connectivity index (χ1) is 16.5. The first kappa shape index (κ1) is 21.2. The van der Waals surface area contributed by atoms with Gasteiger partial charge in [0, 0.05) is 11.6 Å². The van der Waals surface area contributed by atoms with E-state index in [2.05, 4.69) is 15.3 Å². The number of methoxy groups -OCH3 is 2. The summed E-state index contributed by atoms with van der Waals surface area (Å²) in [6.07, 6.45) is 0. The Balaban J connectivity index is 1.36. The Morgan fingerprint density at radius 1 is 0.941 bits per heavy atom. The van der Waals surface area contributed by atoms with E-state index < -0.39 is 11.8 Å². The van der Waals surface area contributed by atoms with Crippen molar-refractivity contribution in [1.29, 1.82) is 0 Å². The van der Waals surface area contributed by atoms with Gasteiger partial charge in [0.25, 0.3) is 17.7 Å². The van der Waals surface area contributed by atoms with Gasteiger partial charge in [-0.05, 0) is 42.5 Å². The number of hydrogen-bond donors (Lipinski definition) is 2. The summed E-state index contributed by atoms with van der Waals surface area (Å²) in [6.45, 7) is 0.190. The van der Waals surface area contributed by atoms with Gasteiger partial charge in [0.1, 0.15) is 5.82 Å². The number of nitrogens with one attached hydrogen (secondary N) is 2. The zero-order valence-corrected chi connectivity index (χ0v) is 18.4. The highest BCUT2D eigenvalue weighted by molar-refractivity contribution is 6.34. The van der Waals surface area contributed by atoms with E-state index in [9.17, 15) is 14.4 Å². The third-order valence-electron chi connectivity index (χ3n) is 5.63. The number of H-pyrrole nitrogens is 1. The highest BCUT2D eigenvalue weighted by atomic mass is 16.5. The molecule has 1 aliphatic heterocycles. The largest absolute Gasteiger partial charge is 0.493 e. The molecule has 0 saturated heterocycles. The topological polar surface area (TPSA) is 114 Å². The van der Waals surface area contributed by atoms with Crippen LogP contribution < -0.4 is 19.7 Å². The number of amides is 3. The summed E-state index contributed by atoms with van der Waals surface area (Å²) in [6, 6.07) is 16.8. The smallest absolute Gasteiger partial charge is 0.266 e. The molecule has 34 heavy (non-hydrogen) atoms. The number of aromatic nitrogens is 2. The predicted molar refractivity (Wildman–Crippen MR) is 124 cm³/mol. The quantitative estimate of drug-likeness (QED) is 0.431. The lowest BCUT2D eigenvalue weighted by Crippen LogP contribution is -2.29. The molecule has 3 aromatic carbocycles. The van der Waals surface area contributed by atoms with Crippen LogP contribution in [0.15, 0.2) is 60.7 Å². The van der Waals surface area contributed by atoms with Crippen LogP contribution in [0.4, 0.5) is 5.69 Å². The van der Waals surface area contributed by atoms with Crippen molar-refractivity contribution < 1.29 is 23.9 Å². The van der Waals surface area contributed by atoms with Crippen molar-refractivity contribution in [2.45, 2.75) is 6.54 Å². The molecule has 170 valence electrons. The van der Waals surface area contributed by atoms with Crippen molar-refractivity contribution in [2.24, 2.45) is 0 Å². The van der Waals surface area contributed by atoms with Gasteiger partial charge in [-0.3, -0.25) is 14.4 Å². The molecule has 2 N–H and O–H groups in total. The average Bonchev–Trinajstić information content (AvgIpc) is 3.40. The third kappa shape index (κ3) is 3.53. The number of imide groups is 1. The van der Waals surface area contributed by atoms with E-state index in [4.69, 9.17) is 9.47 Å². The zero-order valence-electron chi connectivity index (χ0n) is 18.4. The number of rotatable bonds is 6. The summed E-state index contributed by atoms with van der Waals surface area (Å²) in [5, 5.41) is 2.79. The van der Waals surface area contributed by atoms with Gasteiger partial charge < -0.3 is 19.8 Å². The molecule has 0 spiro atoms. The van der Waals surface area contributed by atoms with E-state index in [1.54, 1.807) is 18.2 Å². The molecule has 0 radical (unpaired) electrons. The molecule has 0 unspecified atom stereocenters. The van der Waals surface area contributed by atoms with Gasteiger partial charge in [0.2, 0.25) is 0 Å². The van der Waals surface area contributed by atoms with E-state index in [0.29, 0.717) is 23.0 Å². The highest BCUT2D eigenvalue weighted by Crippen LogP contribution is 2.35. The minimum Gasteiger partial charge on any atom is -0.493 e. The van der Waals surface area contributed by atoms with Gasteiger partial charge in [-0.1, -0.05) is 12.1 Å². The zero-order chi connectivity index (χ0) is 23.8. The number of carbonyl (C=O) groups excluding carboxylic acids is 3. The van der Waals surface area contributed by atoms with Crippen LogP contribution in [0.3, 0.4) is 0 Å². The molecule has 0 saturated carbocycles.